The Morgan fingerprint density at radius 2 is 1.70 bits per heavy atom. The number of phenols is 1. The third kappa shape index (κ3) is 6.00. The summed E-state index contributed by atoms with van der Waals surface area (Å²) in [5.74, 6) is -1.57. The first-order chi connectivity index (χ1) is 13.8. The van der Waals surface area contributed by atoms with Gasteiger partial charge in [0.15, 0.2) is 0 Å². The van der Waals surface area contributed by atoms with Crippen LogP contribution in [0.4, 0.5) is 5.82 Å². The number of nitrogens with zero attached hydrogens (tertiary/aromatic N) is 1. The summed E-state index contributed by atoms with van der Waals surface area (Å²) in [6.07, 6.45) is 4.84. The van der Waals surface area contributed by atoms with Crippen LogP contribution < -0.4 is 61.2 Å². The number of carboxylic acid groups (broad SMARTS) is 1. The van der Waals surface area contributed by atoms with Crippen molar-refractivity contribution in [3.8, 4) is 5.75 Å². The van der Waals surface area contributed by atoms with Gasteiger partial charge in [-0.15, -0.1) is 0 Å². The number of aryl methyl sites for hydroxylation is 1. The molecule has 2 aromatic carbocycles. The first-order valence-corrected chi connectivity index (χ1v) is 10.0. The van der Waals surface area contributed by atoms with Crippen LogP contribution in [0.5, 0.6) is 5.75 Å². The number of sulfonamides is 1. The van der Waals surface area contributed by atoms with Gasteiger partial charge in [-0.25, -0.2) is 13.4 Å². The van der Waals surface area contributed by atoms with Gasteiger partial charge in [-0.2, -0.15) is 0 Å². The minimum atomic E-state index is -3.78. The molecule has 0 amide bonds. The number of rotatable bonds is 6. The van der Waals surface area contributed by atoms with Gasteiger partial charge in [0, 0.05) is 11.8 Å². The van der Waals surface area contributed by atoms with Gasteiger partial charge in [0.25, 0.3) is 10.0 Å². The zero-order chi connectivity index (χ0) is 21.0. The minimum Gasteiger partial charge on any atom is -0.545 e. The van der Waals surface area contributed by atoms with E-state index >= 15 is 0 Å². The molecule has 0 saturated heterocycles. The van der Waals surface area contributed by atoms with Crippen molar-refractivity contribution < 1.29 is 74.8 Å². The largest absolute Gasteiger partial charge is 1.00 e. The summed E-state index contributed by atoms with van der Waals surface area (Å²) in [6.45, 7) is 1.76. The second-order valence-electron chi connectivity index (χ2n) is 6.24. The molecule has 148 valence electrons. The summed E-state index contributed by atoms with van der Waals surface area (Å²) in [4.78, 5) is 15.1. The molecule has 1 aromatic heterocycles. The number of carbonyl (C=O) groups excluding carboxylic acids is 1. The molecular weight excluding hydrogens is 431 g/mol. The molecule has 9 heteroatoms. The molecule has 0 unspecified atom stereocenters. The molecule has 0 aliphatic heterocycles. The maximum absolute atomic E-state index is 12.5. The third-order valence-electron chi connectivity index (χ3n) is 4.14. The Morgan fingerprint density at radius 3 is 2.33 bits per heavy atom. The number of carbonyl (C=O) groups is 1. The van der Waals surface area contributed by atoms with E-state index in [4.69, 9.17) is 0 Å². The topological polar surface area (TPSA) is 119 Å². The normalized spacial score (nSPS) is 11.1. The fourth-order valence-electron chi connectivity index (χ4n) is 2.55. The van der Waals surface area contributed by atoms with E-state index in [0.29, 0.717) is 16.7 Å². The molecule has 0 radical (unpaired) electrons. The van der Waals surface area contributed by atoms with Crippen molar-refractivity contribution in [3.63, 3.8) is 0 Å². The van der Waals surface area contributed by atoms with Crippen LogP contribution in [-0.2, 0) is 10.0 Å². The molecule has 0 bridgehead atoms. The fourth-order valence-corrected chi connectivity index (χ4v) is 3.63. The Morgan fingerprint density at radius 1 is 1.07 bits per heavy atom. The first kappa shape index (κ1) is 24.3. The van der Waals surface area contributed by atoms with Crippen molar-refractivity contribution in [1.29, 1.82) is 0 Å². The first-order valence-electron chi connectivity index (χ1n) is 8.53. The molecule has 3 rings (SSSR count). The monoisotopic (exact) mass is 448 g/mol. The van der Waals surface area contributed by atoms with Crippen LogP contribution in [-0.4, -0.2) is 24.5 Å². The van der Waals surface area contributed by atoms with Gasteiger partial charge in [-0.1, -0.05) is 36.4 Å². The predicted octanol–water partition coefficient (Wildman–Crippen LogP) is -0.566. The number of aromatic nitrogens is 1. The van der Waals surface area contributed by atoms with Crippen molar-refractivity contribution >= 4 is 34.0 Å². The van der Waals surface area contributed by atoms with Crippen LogP contribution >= 0.6 is 0 Å². The molecular formula is C21H17KN2O5S. The maximum atomic E-state index is 12.5. The van der Waals surface area contributed by atoms with Crippen LogP contribution in [0.15, 0.2) is 65.7 Å². The Labute approximate surface area is 217 Å². The van der Waals surface area contributed by atoms with Crippen molar-refractivity contribution in [2.45, 2.75) is 11.8 Å². The van der Waals surface area contributed by atoms with Gasteiger partial charge >= 0.3 is 51.4 Å². The molecule has 0 aliphatic carbocycles. The number of aromatic hydroxyl groups is 1. The van der Waals surface area contributed by atoms with Crippen molar-refractivity contribution in [1.82, 2.24) is 4.98 Å². The van der Waals surface area contributed by atoms with Crippen LogP contribution in [0.3, 0.4) is 0 Å². The molecule has 0 spiro atoms. The van der Waals surface area contributed by atoms with Crippen LogP contribution in [0.2, 0.25) is 0 Å². The Bertz CT molecular complexity index is 1190. The standard InChI is InChI=1S/C21H18N2O5S.K/c1-14-3-2-12-22-20(14)23-29(27,28)17-9-6-15(7-10-17)4-5-16-8-11-19(24)18(13-16)21(25)26;/h2-13,24H,1H3,(H,22,23)(H,25,26);/q;+1/p-1. The second-order valence-corrected chi connectivity index (χ2v) is 7.92. The molecule has 2 N–H and O–H groups in total. The number of aromatic carboxylic acids is 1. The Balaban J connectivity index is 0.00000320. The second kappa shape index (κ2) is 10.3. The van der Waals surface area contributed by atoms with Gasteiger partial charge in [0.2, 0.25) is 0 Å². The van der Waals surface area contributed by atoms with Gasteiger partial charge in [0.1, 0.15) is 11.6 Å². The van der Waals surface area contributed by atoms with Crippen LogP contribution in [0.25, 0.3) is 12.2 Å². The number of anilines is 1. The average molecular weight is 449 g/mol. The zero-order valence-corrected chi connectivity index (χ0v) is 20.3. The Kier molecular flexibility index (Phi) is 8.36. The van der Waals surface area contributed by atoms with E-state index in [1.807, 2.05) is 0 Å². The summed E-state index contributed by atoms with van der Waals surface area (Å²) in [6, 6.07) is 13.8. The fraction of sp³-hybridized carbons (Fsp3) is 0.0476. The number of carboxylic acids is 1. The smallest absolute Gasteiger partial charge is 0.545 e. The number of benzene rings is 2. The third-order valence-corrected chi connectivity index (χ3v) is 5.49. The number of hydrogen-bond acceptors (Lipinski definition) is 6. The van der Waals surface area contributed by atoms with E-state index < -0.39 is 16.0 Å². The Hall–Kier alpha value is -2.01. The summed E-state index contributed by atoms with van der Waals surface area (Å²) < 4.78 is 27.5. The van der Waals surface area contributed by atoms with E-state index in [1.54, 1.807) is 49.4 Å². The molecule has 0 atom stereocenters. The maximum Gasteiger partial charge on any atom is 1.00 e. The van der Waals surface area contributed by atoms with E-state index in [-0.39, 0.29) is 73.4 Å². The molecule has 0 fully saturated rings. The number of hydrogen-bond donors (Lipinski definition) is 2. The molecule has 1 heterocycles. The van der Waals surface area contributed by atoms with Crippen LogP contribution in [0.1, 0.15) is 27.0 Å². The molecule has 30 heavy (non-hydrogen) atoms. The SMILES string of the molecule is Cc1cccnc1NS(=O)(=O)c1ccc(C=Cc2ccc(O)c(C(=O)[O-])c2)cc1.[K+]. The minimum absolute atomic E-state index is 0. The van der Waals surface area contributed by atoms with E-state index in [9.17, 15) is 23.4 Å². The summed E-state index contributed by atoms with van der Waals surface area (Å²) in [5, 5.41) is 20.5. The van der Waals surface area contributed by atoms with Gasteiger partial charge in [0.05, 0.1) is 10.9 Å². The van der Waals surface area contributed by atoms with Gasteiger partial charge < -0.3 is 15.0 Å². The molecule has 7 nitrogen and oxygen atoms in total. The number of nitrogens with one attached hydrogen (secondary N) is 1. The molecule has 0 saturated carbocycles. The van der Waals surface area contributed by atoms with Crippen molar-refractivity contribution in [2.24, 2.45) is 0 Å². The molecule has 3 aromatic rings. The quantitative estimate of drug-likeness (QED) is 0.385. The summed E-state index contributed by atoms with van der Waals surface area (Å²) in [7, 11) is -3.78. The predicted molar refractivity (Wildman–Crippen MR) is 108 cm³/mol. The number of pyridine rings is 1. The average Bonchev–Trinajstić information content (AvgIpc) is 2.69. The van der Waals surface area contributed by atoms with E-state index in [0.717, 1.165) is 0 Å². The summed E-state index contributed by atoms with van der Waals surface area (Å²) >= 11 is 0. The molecule has 0 aliphatic rings. The van der Waals surface area contributed by atoms with Gasteiger partial charge in [-0.3, -0.25) is 4.72 Å². The van der Waals surface area contributed by atoms with Crippen molar-refractivity contribution in [2.75, 3.05) is 4.72 Å². The zero-order valence-electron chi connectivity index (χ0n) is 16.4. The van der Waals surface area contributed by atoms with E-state index in [2.05, 4.69) is 9.71 Å². The van der Waals surface area contributed by atoms with Crippen LogP contribution in [0, 0.1) is 6.92 Å². The van der Waals surface area contributed by atoms with Gasteiger partial charge in [-0.05, 0) is 53.9 Å². The van der Waals surface area contributed by atoms with E-state index in [1.165, 1.54) is 30.5 Å². The van der Waals surface area contributed by atoms with Crippen molar-refractivity contribution in [3.05, 3.63) is 83.0 Å². The summed E-state index contributed by atoms with van der Waals surface area (Å²) in [5.41, 5.74) is 1.66.